The van der Waals surface area contributed by atoms with Crippen molar-refractivity contribution in [3.05, 3.63) is 11.6 Å². The molecule has 0 saturated heterocycles. The molecule has 0 radical (unpaired) electrons. The van der Waals surface area contributed by atoms with Gasteiger partial charge in [-0.15, -0.1) is 0 Å². The molecule has 5 nitrogen and oxygen atoms in total. The predicted octanol–water partition coefficient (Wildman–Crippen LogP) is 0.997. The average Bonchev–Trinajstić information content (AvgIpc) is 2.51. The van der Waals surface area contributed by atoms with Crippen LogP contribution in [0.4, 0.5) is 0 Å². The number of ether oxygens (including phenoxy) is 1. The van der Waals surface area contributed by atoms with Crippen LogP contribution in [0.15, 0.2) is 0 Å². The fraction of sp³-hybridized carbons (Fsp3) is 0.778. The molecule has 1 unspecified atom stereocenters. The summed E-state index contributed by atoms with van der Waals surface area (Å²) in [5.41, 5.74) is 5.41. The summed E-state index contributed by atoms with van der Waals surface area (Å²) in [6.07, 6.45) is -0.112. The number of aromatic nitrogens is 3. The first-order chi connectivity index (χ1) is 6.49. The minimum Gasteiger partial charge on any atom is -0.373 e. The monoisotopic (exact) mass is 198 g/mol. The van der Waals surface area contributed by atoms with Crippen molar-refractivity contribution in [2.45, 2.75) is 33.4 Å². The molecule has 0 aliphatic heterocycles. The Morgan fingerprint density at radius 3 is 2.50 bits per heavy atom. The fourth-order valence-electron chi connectivity index (χ4n) is 1.36. The van der Waals surface area contributed by atoms with Gasteiger partial charge in [0.25, 0.3) is 0 Å². The fourth-order valence-corrected chi connectivity index (χ4v) is 1.36. The zero-order valence-electron chi connectivity index (χ0n) is 9.16. The minimum absolute atomic E-state index is 0.0250. The second kappa shape index (κ2) is 4.06. The molecule has 14 heavy (non-hydrogen) atoms. The summed E-state index contributed by atoms with van der Waals surface area (Å²) in [7, 11) is 1.66. The molecule has 1 atom stereocenters. The third-order valence-corrected chi connectivity index (χ3v) is 2.00. The number of H-pyrrole nitrogens is 1. The van der Waals surface area contributed by atoms with Crippen molar-refractivity contribution in [2.75, 3.05) is 7.11 Å². The van der Waals surface area contributed by atoms with Gasteiger partial charge in [0.1, 0.15) is 11.9 Å². The van der Waals surface area contributed by atoms with E-state index in [4.69, 9.17) is 10.5 Å². The van der Waals surface area contributed by atoms with Gasteiger partial charge in [-0.05, 0) is 5.41 Å². The number of aromatic amines is 1. The topological polar surface area (TPSA) is 76.8 Å². The van der Waals surface area contributed by atoms with E-state index in [0.717, 1.165) is 0 Å². The van der Waals surface area contributed by atoms with Crippen LogP contribution in [-0.2, 0) is 11.3 Å². The minimum atomic E-state index is -0.112. The Morgan fingerprint density at radius 2 is 2.14 bits per heavy atom. The van der Waals surface area contributed by atoms with Crippen molar-refractivity contribution in [3.8, 4) is 0 Å². The third-order valence-electron chi connectivity index (χ3n) is 2.00. The van der Waals surface area contributed by atoms with Gasteiger partial charge in [0.15, 0.2) is 5.82 Å². The highest BCUT2D eigenvalue weighted by Gasteiger charge is 2.29. The van der Waals surface area contributed by atoms with Gasteiger partial charge >= 0.3 is 0 Å². The smallest absolute Gasteiger partial charge is 0.179 e. The summed E-state index contributed by atoms with van der Waals surface area (Å²) in [4.78, 5) is 4.25. The maximum Gasteiger partial charge on any atom is 0.179 e. The molecule has 1 rings (SSSR count). The summed E-state index contributed by atoms with van der Waals surface area (Å²) in [5.74, 6) is 1.35. The summed E-state index contributed by atoms with van der Waals surface area (Å²) >= 11 is 0. The van der Waals surface area contributed by atoms with Crippen LogP contribution in [0.3, 0.4) is 0 Å². The van der Waals surface area contributed by atoms with Gasteiger partial charge in [-0.3, -0.25) is 5.10 Å². The SMILES string of the molecule is COC(c1n[nH]c(CN)n1)C(C)(C)C. The summed E-state index contributed by atoms with van der Waals surface area (Å²) < 4.78 is 5.37. The van der Waals surface area contributed by atoms with Crippen molar-refractivity contribution < 1.29 is 4.74 Å². The van der Waals surface area contributed by atoms with Crippen molar-refractivity contribution in [1.29, 1.82) is 0 Å². The van der Waals surface area contributed by atoms with Crippen LogP contribution in [0.5, 0.6) is 0 Å². The second-order valence-electron chi connectivity index (χ2n) is 4.33. The number of rotatable bonds is 3. The lowest BCUT2D eigenvalue weighted by atomic mass is 9.88. The summed E-state index contributed by atoms with van der Waals surface area (Å²) in [6.45, 7) is 6.62. The largest absolute Gasteiger partial charge is 0.373 e. The van der Waals surface area contributed by atoms with Crippen molar-refractivity contribution in [2.24, 2.45) is 11.1 Å². The highest BCUT2D eigenvalue weighted by Crippen LogP contribution is 2.33. The van der Waals surface area contributed by atoms with Crippen LogP contribution in [-0.4, -0.2) is 22.3 Å². The maximum atomic E-state index is 5.44. The van der Waals surface area contributed by atoms with Crippen molar-refractivity contribution >= 4 is 0 Å². The van der Waals surface area contributed by atoms with E-state index < -0.39 is 0 Å². The van der Waals surface area contributed by atoms with Crippen LogP contribution in [0.1, 0.15) is 38.5 Å². The van der Waals surface area contributed by atoms with Gasteiger partial charge < -0.3 is 10.5 Å². The molecule has 80 valence electrons. The summed E-state index contributed by atoms with van der Waals surface area (Å²) in [6, 6.07) is 0. The van der Waals surface area contributed by atoms with Crippen molar-refractivity contribution in [3.63, 3.8) is 0 Å². The summed E-state index contributed by atoms with van der Waals surface area (Å²) in [5, 5.41) is 6.86. The zero-order chi connectivity index (χ0) is 10.8. The first-order valence-electron chi connectivity index (χ1n) is 4.63. The molecular weight excluding hydrogens is 180 g/mol. The highest BCUT2D eigenvalue weighted by molar-refractivity contribution is 4.98. The molecule has 0 spiro atoms. The Balaban J connectivity index is 2.90. The Hall–Kier alpha value is -0.940. The first-order valence-corrected chi connectivity index (χ1v) is 4.63. The standard InChI is InChI=1S/C9H18N4O/c1-9(2,3)7(14-4)8-11-6(5-10)12-13-8/h7H,5,10H2,1-4H3,(H,11,12,13). The highest BCUT2D eigenvalue weighted by atomic mass is 16.5. The van der Waals surface area contributed by atoms with E-state index in [2.05, 4.69) is 36.0 Å². The van der Waals surface area contributed by atoms with Crippen LogP contribution in [0.25, 0.3) is 0 Å². The van der Waals surface area contributed by atoms with Crippen LogP contribution in [0, 0.1) is 5.41 Å². The molecule has 0 fully saturated rings. The number of methoxy groups -OCH3 is 1. The normalized spacial score (nSPS) is 14.4. The lowest BCUT2D eigenvalue weighted by Crippen LogP contribution is -2.21. The third kappa shape index (κ3) is 2.30. The van der Waals surface area contributed by atoms with E-state index >= 15 is 0 Å². The molecular formula is C9H18N4O. The van der Waals surface area contributed by atoms with Crippen LogP contribution in [0.2, 0.25) is 0 Å². The quantitative estimate of drug-likeness (QED) is 0.759. The molecule has 0 aliphatic carbocycles. The number of hydrogen-bond acceptors (Lipinski definition) is 4. The Labute approximate surface area is 84.1 Å². The number of nitrogens with zero attached hydrogens (tertiary/aromatic N) is 2. The number of nitrogens with one attached hydrogen (secondary N) is 1. The Kier molecular flexibility index (Phi) is 3.23. The van der Waals surface area contributed by atoms with Gasteiger partial charge in [-0.1, -0.05) is 20.8 Å². The number of hydrogen-bond donors (Lipinski definition) is 2. The maximum absolute atomic E-state index is 5.44. The lowest BCUT2D eigenvalue weighted by Gasteiger charge is -2.26. The number of nitrogens with two attached hydrogens (primary N) is 1. The predicted molar refractivity (Wildman–Crippen MR) is 53.5 cm³/mol. The van der Waals surface area contributed by atoms with Crippen LogP contribution < -0.4 is 5.73 Å². The molecule has 0 aliphatic rings. The molecule has 0 bridgehead atoms. The zero-order valence-corrected chi connectivity index (χ0v) is 9.16. The molecule has 1 heterocycles. The van der Waals surface area contributed by atoms with Gasteiger partial charge in [0, 0.05) is 7.11 Å². The van der Waals surface area contributed by atoms with Gasteiger partial charge in [0.05, 0.1) is 6.54 Å². The molecule has 0 aromatic carbocycles. The Bertz CT molecular complexity index is 289. The van der Waals surface area contributed by atoms with E-state index in [9.17, 15) is 0 Å². The molecule has 1 aromatic rings. The van der Waals surface area contributed by atoms with E-state index in [0.29, 0.717) is 18.2 Å². The van der Waals surface area contributed by atoms with E-state index in [-0.39, 0.29) is 11.5 Å². The van der Waals surface area contributed by atoms with E-state index in [1.54, 1.807) is 7.11 Å². The first kappa shape index (κ1) is 11.1. The molecule has 5 heteroatoms. The molecule has 1 aromatic heterocycles. The van der Waals surface area contributed by atoms with E-state index in [1.165, 1.54) is 0 Å². The Morgan fingerprint density at radius 1 is 1.50 bits per heavy atom. The van der Waals surface area contributed by atoms with Crippen LogP contribution >= 0.6 is 0 Å². The lowest BCUT2D eigenvalue weighted by molar-refractivity contribution is 0.00888. The molecule has 3 N–H and O–H groups in total. The molecule has 0 amide bonds. The van der Waals surface area contributed by atoms with Gasteiger partial charge in [-0.2, -0.15) is 5.10 Å². The molecule has 0 saturated carbocycles. The van der Waals surface area contributed by atoms with E-state index in [1.807, 2.05) is 0 Å². The average molecular weight is 198 g/mol. The van der Waals surface area contributed by atoms with Gasteiger partial charge in [0.2, 0.25) is 0 Å². The van der Waals surface area contributed by atoms with Gasteiger partial charge in [-0.25, -0.2) is 4.98 Å². The second-order valence-corrected chi connectivity index (χ2v) is 4.33. The van der Waals surface area contributed by atoms with Crippen molar-refractivity contribution in [1.82, 2.24) is 15.2 Å².